The third kappa shape index (κ3) is 3.09. The molecule has 0 aromatic carbocycles. The zero-order valence-electron chi connectivity index (χ0n) is 12.5. The zero-order valence-corrected chi connectivity index (χ0v) is 12.5. The lowest BCUT2D eigenvalue weighted by Gasteiger charge is -2.43. The predicted octanol–water partition coefficient (Wildman–Crippen LogP) is 0.00840. The van der Waals surface area contributed by atoms with Crippen molar-refractivity contribution in [1.29, 1.82) is 0 Å². The molecule has 2 saturated heterocycles. The van der Waals surface area contributed by atoms with Crippen LogP contribution < -0.4 is 11.1 Å². The van der Waals surface area contributed by atoms with E-state index in [1.165, 1.54) is 19.4 Å². The normalized spacial score (nSPS) is 31.9. The van der Waals surface area contributed by atoms with Crippen LogP contribution in [0.2, 0.25) is 0 Å². The van der Waals surface area contributed by atoms with Gasteiger partial charge < -0.3 is 11.1 Å². The zero-order chi connectivity index (χ0) is 14.0. The van der Waals surface area contributed by atoms with Crippen LogP contribution in [0.25, 0.3) is 0 Å². The molecule has 3 N–H and O–H groups in total. The second kappa shape index (κ2) is 5.77. The standard InChI is InChI=1S/C14H28N4O/c1-11-9-18-7-4-5-12(18)10-17(11)8-6-14(2,16-3)13(15)19/h11-12,16H,4-10H2,1-3H3,(H2,15,19). The van der Waals surface area contributed by atoms with Crippen LogP contribution >= 0.6 is 0 Å². The summed E-state index contributed by atoms with van der Waals surface area (Å²) >= 11 is 0. The maximum Gasteiger partial charge on any atom is 0.237 e. The van der Waals surface area contributed by atoms with E-state index in [0.29, 0.717) is 6.04 Å². The lowest BCUT2D eigenvalue weighted by Crippen LogP contribution is -2.58. The lowest BCUT2D eigenvalue weighted by molar-refractivity contribution is -0.124. The first-order valence-electron chi connectivity index (χ1n) is 7.43. The number of piperazine rings is 1. The molecule has 19 heavy (non-hydrogen) atoms. The van der Waals surface area contributed by atoms with E-state index in [4.69, 9.17) is 5.73 Å². The van der Waals surface area contributed by atoms with E-state index in [1.54, 1.807) is 0 Å². The van der Waals surface area contributed by atoms with Gasteiger partial charge in [-0.15, -0.1) is 0 Å². The fourth-order valence-corrected chi connectivity index (χ4v) is 3.30. The summed E-state index contributed by atoms with van der Waals surface area (Å²) in [7, 11) is 1.81. The number of primary amides is 1. The summed E-state index contributed by atoms with van der Waals surface area (Å²) in [4.78, 5) is 16.7. The summed E-state index contributed by atoms with van der Waals surface area (Å²) in [6.45, 7) is 8.68. The van der Waals surface area contributed by atoms with Crippen LogP contribution in [0.5, 0.6) is 0 Å². The average molecular weight is 268 g/mol. The number of nitrogens with one attached hydrogen (secondary N) is 1. The summed E-state index contributed by atoms with van der Waals surface area (Å²) in [6, 6.07) is 1.30. The number of likely N-dealkylation sites (N-methyl/N-ethyl adjacent to an activating group) is 1. The van der Waals surface area contributed by atoms with Gasteiger partial charge in [-0.2, -0.15) is 0 Å². The molecule has 1 amide bonds. The van der Waals surface area contributed by atoms with Crippen molar-refractivity contribution in [3.8, 4) is 0 Å². The minimum atomic E-state index is -0.591. The van der Waals surface area contributed by atoms with Gasteiger partial charge in [-0.1, -0.05) is 0 Å². The monoisotopic (exact) mass is 268 g/mol. The number of carbonyl (C=O) groups is 1. The van der Waals surface area contributed by atoms with Gasteiger partial charge in [0.2, 0.25) is 5.91 Å². The Bertz CT molecular complexity index is 335. The van der Waals surface area contributed by atoms with Crippen molar-refractivity contribution in [2.45, 2.75) is 50.7 Å². The van der Waals surface area contributed by atoms with Crippen molar-refractivity contribution in [3.63, 3.8) is 0 Å². The Labute approximate surface area is 116 Å². The summed E-state index contributed by atoms with van der Waals surface area (Å²) < 4.78 is 0. The number of fused-ring (bicyclic) bond motifs is 1. The van der Waals surface area contributed by atoms with Gasteiger partial charge in [0.05, 0.1) is 5.54 Å². The molecule has 0 bridgehead atoms. The Hall–Kier alpha value is -0.650. The van der Waals surface area contributed by atoms with Crippen molar-refractivity contribution in [2.24, 2.45) is 5.73 Å². The van der Waals surface area contributed by atoms with Crippen LogP contribution in [0.1, 0.15) is 33.1 Å². The second-order valence-electron chi connectivity index (χ2n) is 6.33. The molecule has 0 aliphatic carbocycles. The highest BCUT2D eigenvalue weighted by atomic mass is 16.1. The fourth-order valence-electron chi connectivity index (χ4n) is 3.30. The third-order valence-corrected chi connectivity index (χ3v) is 5.06. The Morgan fingerprint density at radius 3 is 2.84 bits per heavy atom. The van der Waals surface area contributed by atoms with Gasteiger partial charge in [0, 0.05) is 31.7 Å². The molecule has 110 valence electrons. The Morgan fingerprint density at radius 1 is 1.47 bits per heavy atom. The molecule has 3 unspecified atom stereocenters. The van der Waals surface area contributed by atoms with Gasteiger partial charge in [-0.3, -0.25) is 14.6 Å². The first-order valence-corrected chi connectivity index (χ1v) is 7.43. The first-order chi connectivity index (χ1) is 8.96. The molecule has 2 heterocycles. The first kappa shape index (κ1) is 14.8. The molecule has 0 aromatic rings. The molecule has 2 aliphatic heterocycles. The van der Waals surface area contributed by atoms with Gasteiger partial charge >= 0.3 is 0 Å². The number of nitrogens with zero attached hydrogens (tertiary/aromatic N) is 2. The quantitative estimate of drug-likeness (QED) is 0.737. The molecular formula is C14H28N4O. The van der Waals surface area contributed by atoms with Crippen LogP contribution in [0.3, 0.4) is 0 Å². The number of rotatable bonds is 5. The van der Waals surface area contributed by atoms with Crippen molar-refractivity contribution in [1.82, 2.24) is 15.1 Å². The molecule has 0 spiro atoms. The van der Waals surface area contributed by atoms with Crippen molar-refractivity contribution >= 4 is 5.91 Å². The highest BCUT2D eigenvalue weighted by molar-refractivity contribution is 5.84. The van der Waals surface area contributed by atoms with Crippen molar-refractivity contribution in [3.05, 3.63) is 0 Å². The number of amides is 1. The minimum absolute atomic E-state index is 0.262. The number of nitrogens with two attached hydrogens (primary N) is 1. The molecule has 5 heteroatoms. The maximum atomic E-state index is 11.5. The minimum Gasteiger partial charge on any atom is -0.368 e. The van der Waals surface area contributed by atoms with E-state index in [1.807, 2.05) is 14.0 Å². The Morgan fingerprint density at radius 2 is 2.21 bits per heavy atom. The number of hydrogen-bond acceptors (Lipinski definition) is 4. The van der Waals surface area contributed by atoms with Crippen LogP contribution in [0, 0.1) is 0 Å². The van der Waals surface area contributed by atoms with Gasteiger partial charge in [0.15, 0.2) is 0 Å². The highest BCUT2D eigenvalue weighted by Gasteiger charge is 2.36. The molecule has 2 fully saturated rings. The van der Waals surface area contributed by atoms with Gasteiger partial charge in [-0.05, 0) is 46.7 Å². The topological polar surface area (TPSA) is 61.6 Å². The summed E-state index contributed by atoms with van der Waals surface area (Å²) in [5, 5.41) is 3.07. The van der Waals surface area contributed by atoms with E-state index < -0.39 is 5.54 Å². The predicted molar refractivity (Wildman–Crippen MR) is 76.9 cm³/mol. The second-order valence-corrected chi connectivity index (χ2v) is 6.33. The number of hydrogen-bond donors (Lipinski definition) is 2. The summed E-state index contributed by atoms with van der Waals surface area (Å²) in [6.07, 6.45) is 3.43. The van der Waals surface area contributed by atoms with E-state index in [0.717, 1.165) is 32.1 Å². The molecule has 2 aliphatic rings. The molecule has 5 nitrogen and oxygen atoms in total. The van der Waals surface area contributed by atoms with Gasteiger partial charge in [0.1, 0.15) is 0 Å². The van der Waals surface area contributed by atoms with Crippen LogP contribution in [-0.4, -0.2) is 66.6 Å². The van der Waals surface area contributed by atoms with Gasteiger partial charge in [0.25, 0.3) is 0 Å². The number of carbonyl (C=O) groups excluding carboxylic acids is 1. The Kier molecular flexibility index (Phi) is 4.48. The van der Waals surface area contributed by atoms with Gasteiger partial charge in [-0.25, -0.2) is 0 Å². The van der Waals surface area contributed by atoms with E-state index in [9.17, 15) is 4.79 Å². The third-order valence-electron chi connectivity index (χ3n) is 5.06. The van der Waals surface area contributed by atoms with Crippen LogP contribution in [-0.2, 0) is 4.79 Å². The summed E-state index contributed by atoms with van der Waals surface area (Å²) in [5.74, 6) is -0.262. The van der Waals surface area contributed by atoms with Crippen LogP contribution in [0.4, 0.5) is 0 Å². The Balaban J connectivity index is 1.90. The van der Waals surface area contributed by atoms with E-state index in [-0.39, 0.29) is 5.91 Å². The summed E-state index contributed by atoms with van der Waals surface area (Å²) in [5.41, 5.74) is 4.90. The van der Waals surface area contributed by atoms with Crippen molar-refractivity contribution < 1.29 is 4.79 Å². The highest BCUT2D eigenvalue weighted by Crippen LogP contribution is 2.25. The molecule has 3 atom stereocenters. The average Bonchev–Trinajstić information content (AvgIpc) is 2.82. The van der Waals surface area contributed by atoms with E-state index >= 15 is 0 Å². The molecule has 2 rings (SSSR count). The lowest BCUT2D eigenvalue weighted by atomic mass is 9.96. The maximum absolute atomic E-state index is 11.5. The molecule has 0 radical (unpaired) electrons. The smallest absolute Gasteiger partial charge is 0.237 e. The van der Waals surface area contributed by atoms with E-state index in [2.05, 4.69) is 22.0 Å². The fraction of sp³-hybridized carbons (Fsp3) is 0.929. The molecule has 0 aromatic heterocycles. The molecular weight excluding hydrogens is 240 g/mol. The van der Waals surface area contributed by atoms with Crippen molar-refractivity contribution in [2.75, 3.05) is 33.2 Å². The van der Waals surface area contributed by atoms with Crippen LogP contribution in [0.15, 0.2) is 0 Å². The SMILES string of the molecule is CNC(C)(CCN1CC2CCCN2CC1C)C(N)=O. The molecule has 0 saturated carbocycles. The largest absolute Gasteiger partial charge is 0.368 e.